The molecule has 0 fully saturated rings. The molecule has 0 amide bonds. The Kier molecular flexibility index (Phi) is 11.7. The molecule has 8 aromatic carbocycles. The van der Waals surface area contributed by atoms with E-state index in [2.05, 4.69) is 208 Å². The minimum absolute atomic E-state index is 0. The average molecular weight is 1100 g/mol. The number of aromatic nitrogens is 3. The van der Waals surface area contributed by atoms with Gasteiger partial charge in [0.15, 0.2) is 0 Å². The minimum Gasteiger partial charge on any atom is -0.332 e. The number of imidazole rings is 1. The van der Waals surface area contributed by atoms with Crippen molar-refractivity contribution in [3.05, 3.63) is 205 Å². The molecule has 1 radical (unpaired) electrons. The number of hydrogen-bond donors (Lipinski definition) is 0. The van der Waals surface area contributed by atoms with E-state index >= 15 is 0 Å². The van der Waals surface area contributed by atoms with E-state index in [0.29, 0.717) is 11.3 Å². The molecule has 0 bridgehead atoms. The molecule has 3 aromatic heterocycles. The van der Waals surface area contributed by atoms with Crippen molar-refractivity contribution in [3.8, 4) is 50.6 Å². The van der Waals surface area contributed by atoms with Gasteiger partial charge in [-0.3, -0.25) is 4.98 Å². The van der Waals surface area contributed by atoms with E-state index in [1.807, 2.05) is 37.4 Å². The van der Waals surface area contributed by atoms with Crippen LogP contribution >= 0.6 is 11.3 Å². The van der Waals surface area contributed by atoms with Crippen LogP contribution in [0.2, 0.25) is 19.6 Å². The Labute approximate surface area is 425 Å². The van der Waals surface area contributed by atoms with Crippen molar-refractivity contribution in [2.24, 2.45) is 0 Å². The molecule has 0 unspecified atom stereocenters. The Morgan fingerprint density at radius 2 is 1.41 bits per heavy atom. The first-order valence-corrected chi connectivity index (χ1v) is 27.2. The molecule has 0 aliphatic carbocycles. The predicted octanol–water partition coefficient (Wildman–Crippen LogP) is 16.9. The molecular formula is C62H55IrN3SSi-2. The average Bonchev–Trinajstić information content (AvgIpc) is 3.92. The first kappa shape index (κ1) is 41.9. The monoisotopic (exact) mass is 1100 g/mol. The topological polar surface area (TPSA) is 30.7 Å². The van der Waals surface area contributed by atoms with Crippen LogP contribution < -0.4 is 5.19 Å². The van der Waals surface area contributed by atoms with Crippen LogP contribution in [0.1, 0.15) is 57.1 Å². The molecule has 0 atom stereocenters. The maximum atomic E-state index is 8.45. The second-order valence-corrected chi connectivity index (χ2v) is 25.6. The maximum absolute atomic E-state index is 8.45. The fourth-order valence-electron chi connectivity index (χ4n) is 9.15. The van der Waals surface area contributed by atoms with Crippen LogP contribution in [0.15, 0.2) is 182 Å². The number of fused-ring (bicyclic) bond motifs is 5. The number of pyridine rings is 1. The van der Waals surface area contributed by atoms with Gasteiger partial charge >= 0.3 is 0 Å². The molecule has 0 aliphatic rings. The summed E-state index contributed by atoms with van der Waals surface area (Å²) >= 11 is 1.83. The summed E-state index contributed by atoms with van der Waals surface area (Å²) in [7, 11) is -1.64. The largest absolute Gasteiger partial charge is 0.332 e. The molecule has 6 heteroatoms. The smallest absolute Gasteiger partial charge is 0.0799 e. The fraction of sp³-hybridized carbons (Fsp3) is 0.161. The van der Waals surface area contributed by atoms with Gasteiger partial charge in [-0.05, 0) is 84.9 Å². The van der Waals surface area contributed by atoms with Crippen molar-refractivity contribution < 1.29 is 25.6 Å². The van der Waals surface area contributed by atoms with E-state index < -0.39 is 14.0 Å². The van der Waals surface area contributed by atoms with Crippen LogP contribution in [0.4, 0.5) is 0 Å². The summed E-state index contributed by atoms with van der Waals surface area (Å²) in [6.45, 7) is 17.3. The van der Waals surface area contributed by atoms with Gasteiger partial charge in [-0.25, -0.2) is 0 Å². The molecule has 339 valence electrons. The Morgan fingerprint density at radius 1 is 0.706 bits per heavy atom. The minimum atomic E-state index is -1.64. The van der Waals surface area contributed by atoms with Crippen molar-refractivity contribution in [3.63, 3.8) is 0 Å². The molecule has 0 saturated heterocycles. The van der Waals surface area contributed by atoms with Crippen molar-refractivity contribution in [1.29, 1.82) is 0 Å². The number of benzene rings is 8. The van der Waals surface area contributed by atoms with E-state index in [-0.39, 0.29) is 43.6 Å². The molecule has 3 heterocycles. The van der Waals surface area contributed by atoms with Gasteiger partial charge in [0.05, 0.1) is 30.6 Å². The Balaban J connectivity index is 0.000000226. The van der Waals surface area contributed by atoms with Crippen LogP contribution in [-0.2, 0) is 25.5 Å². The number of rotatable bonds is 7. The standard InChI is InChI=1S/C45H33N2S.C17H22NSi.Ir/c1-45(2,3)38-23-13-20-34(30-16-8-5-9-17-30)42(38)47-40-27-32-19-11-10-18-31(32)26-39(40)46-44(47)37-22-12-21-36-35-25-24-33(28-41(35)48-43(36)37)29-14-6-4-7-15-29;1-13(2)15-11-16(14-9-7-6-8-10-14)18-12-17(15)19(3,4)5;/h4-21,23-28H,1-3H3;6-9,11-13H,1-5H3;/q2*-1;/i;6D,7D,8D,13D;. The summed E-state index contributed by atoms with van der Waals surface area (Å²) in [4.78, 5) is 9.98. The number of para-hydroxylation sites is 1. The molecule has 3 nitrogen and oxygen atoms in total. The number of hydrogen-bond acceptors (Lipinski definition) is 3. The van der Waals surface area contributed by atoms with Gasteiger partial charge in [0, 0.05) is 40.7 Å². The third-order valence-corrected chi connectivity index (χ3v) is 15.7. The van der Waals surface area contributed by atoms with Gasteiger partial charge in [-0.2, -0.15) is 11.3 Å². The second kappa shape index (κ2) is 19.0. The summed E-state index contributed by atoms with van der Waals surface area (Å²) in [5, 5.41) is 6.03. The quantitative estimate of drug-likeness (QED) is 0.118. The third-order valence-electron chi connectivity index (χ3n) is 12.5. The van der Waals surface area contributed by atoms with Crippen LogP contribution in [0.5, 0.6) is 0 Å². The van der Waals surface area contributed by atoms with E-state index in [4.69, 9.17) is 10.5 Å². The molecule has 0 spiro atoms. The van der Waals surface area contributed by atoms with E-state index in [0.717, 1.165) is 33.2 Å². The summed E-state index contributed by atoms with van der Waals surface area (Å²) in [5.41, 5.74) is 12.3. The van der Waals surface area contributed by atoms with Gasteiger partial charge < -0.3 is 9.55 Å². The van der Waals surface area contributed by atoms with E-state index in [9.17, 15) is 0 Å². The first-order valence-electron chi connectivity index (χ1n) is 24.9. The summed E-state index contributed by atoms with van der Waals surface area (Å²) in [5.74, 6) is 0.158. The Hall–Kier alpha value is -6.27. The molecule has 11 rings (SSSR count). The Bertz CT molecular complexity index is 3790. The van der Waals surface area contributed by atoms with Gasteiger partial charge in [-0.1, -0.05) is 192 Å². The zero-order chi connectivity index (χ0) is 50.0. The van der Waals surface area contributed by atoms with E-state index in [1.54, 1.807) is 0 Å². The zero-order valence-electron chi connectivity index (χ0n) is 43.7. The summed E-state index contributed by atoms with van der Waals surface area (Å²) in [6.07, 6.45) is 1.84. The van der Waals surface area contributed by atoms with Gasteiger partial charge in [-0.15, -0.1) is 54.0 Å². The number of thiophene rings is 1. The molecule has 0 aliphatic heterocycles. The van der Waals surface area contributed by atoms with Gasteiger partial charge in [0.2, 0.25) is 0 Å². The van der Waals surface area contributed by atoms with Gasteiger partial charge in [0.25, 0.3) is 0 Å². The van der Waals surface area contributed by atoms with Crippen LogP contribution in [-0.4, -0.2) is 22.6 Å². The maximum Gasteiger partial charge on any atom is 0.0799 e. The van der Waals surface area contributed by atoms with Crippen molar-refractivity contribution in [1.82, 2.24) is 14.5 Å². The van der Waals surface area contributed by atoms with Crippen LogP contribution in [0.3, 0.4) is 0 Å². The zero-order valence-corrected chi connectivity index (χ0v) is 43.9. The van der Waals surface area contributed by atoms with Crippen molar-refractivity contribution in [2.45, 2.75) is 65.6 Å². The molecule has 0 N–H and O–H groups in total. The molecule has 11 aromatic rings. The second-order valence-electron chi connectivity index (χ2n) is 19.5. The third kappa shape index (κ3) is 9.07. The number of nitrogens with zero attached hydrogens (tertiary/aromatic N) is 3. The summed E-state index contributed by atoms with van der Waals surface area (Å²) < 4.78 is 36.5. The summed E-state index contributed by atoms with van der Waals surface area (Å²) in [6, 6.07) is 62.1. The van der Waals surface area contributed by atoms with Crippen LogP contribution in [0, 0.1) is 12.1 Å². The van der Waals surface area contributed by atoms with Gasteiger partial charge in [0.1, 0.15) is 0 Å². The SMILES string of the molecule is CC(C)(C)c1cccc(-c2ccccc2)c1-n1c(-c2[c-]ccc3c2sc2cc(-c4ccccc4)ccc23)nc2cc3ccccc3cc21.[2H]c1[c-]c(-c2cc(C([2H])(C)C)c([Si](C)(C)C)cn2)cc([2H])c1[2H].[Ir]. The van der Waals surface area contributed by atoms with Crippen molar-refractivity contribution >= 4 is 66.6 Å². The molecular weight excluding hydrogens is 1040 g/mol. The predicted molar refractivity (Wildman–Crippen MR) is 291 cm³/mol. The fourth-order valence-corrected chi connectivity index (χ4v) is 12.0. The Morgan fingerprint density at radius 3 is 2.10 bits per heavy atom. The molecule has 0 saturated carbocycles. The first-order chi connectivity index (χ1) is 33.8. The normalized spacial score (nSPS) is 12.8. The van der Waals surface area contributed by atoms with E-state index in [1.165, 1.54) is 70.5 Å². The van der Waals surface area contributed by atoms with Crippen LogP contribution in [0.25, 0.3) is 92.6 Å². The van der Waals surface area contributed by atoms with Crippen molar-refractivity contribution in [2.75, 3.05) is 0 Å². The molecule has 68 heavy (non-hydrogen) atoms.